The van der Waals surface area contributed by atoms with Gasteiger partial charge in [0.05, 0.1) is 12.0 Å². The molecule has 7 nitrogen and oxygen atoms in total. The zero-order valence-corrected chi connectivity index (χ0v) is 17.3. The highest BCUT2D eigenvalue weighted by Crippen LogP contribution is 2.28. The van der Waals surface area contributed by atoms with Crippen LogP contribution in [-0.2, 0) is 19.1 Å². The van der Waals surface area contributed by atoms with Crippen LogP contribution < -0.4 is 10.2 Å². The lowest BCUT2D eigenvalue weighted by atomic mass is 9.90. The number of nitrogens with zero attached hydrogens (tertiary/aromatic N) is 2. The fourth-order valence-corrected chi connectivity index (χ4v) is 3.23. The number of carbonyl (C=O) groups excluding carboxylic acids is 3. The van der Waals surface area contributed by atoms with Crippen LogP contribution in [0.25, 0.3) is 0 Å². The molecule has 0 radical (unpaired) electrons. The Labute approximate surface area is 169 Å². The highest BCUT2D eigenvalue weighted by molar-refractivity contribution is 7.98. The summed E-state index contributed by atoms with van der Waals surface area (Å²) in [4.78, 5) is 39.3. The third kappa shape index (κ3) is 5.04. The third-order valence-electron chi connectivity index (χ3n) is 4.95. The van der Waals surface area contributed by atoms with Gasteiger partial charge in [-0.05, 0) is 37.3 Å². The molecule has 1 aliphatic rings. The first-order chi connectivity index (χ1) is 13.2. The van der Waals surface area contributed by atoms with E-state index in [0.717, 1.165) is 10.6 Å². The highest BCUT2D eigenvalue weighted by atomic mass is 32.2. The SMILES string of the molecule is CSc1cccc(N2C[C@H](C(=O)OCC(=O)N[C@@](C)(C#N)C(C)C)CC2=O)c1. The minimum atomic E-state index is -1.04. The molecule has 1 heterocycles. The highest BCUT2D eigenvalue weighted by Gasteiger charge is 2.37. The van der Waals surface area contributed by atoms with Crippen LogP contribution in [-0.4, -0.2) is 42.7 Å². The van der Waals surface area contributed by atoms with E-state index in [1.807, 2.05) is 44.4 Å². The van der Waals surface area contributed by atoms with Crippen molar-refractivity contribution in [3.05, 3.63) is 24.3 Å². The minimum absolute atomic E-state index is 0.0475. The fourth-order valence-electron chi connectivity index (χ4n) is 2.78. The van der Waals surface area contributed by atoms with Gasteiger partial charge in [-0.1, -0.05) is 19.9 Å². The number of nitriles is 1. The van der Waals surface area contributed by atoms with Crippen LogP contribution in [0.4, 0.5) is 5.69 Å². The van der Waals surface area contributed by atoms with Gasteiger partial charge >= 0.3 is 5.97 Å². The summed E-state index contributed by atoms with van der Waals surface area (Å²) in [7, 11) is 0. The molecule has 1 aromatic rings. The Morgan fingerprint density at radius 2 is 2.18 bits per heavy atom. The maximum atomic E-state index is 12.3. The zero-order valence-electron chi connectivity index (χ0n) is 16.5. The van der Waals surface area contributed by atoms with E-state index in [9.17, 15) is 19.6 Å². The lowest BCUT2D eigenvalue weighted by Crippen LogP contribution is -2.50. The average Bonchev–Trinajstić information content (AvgIpc) is 3.07. The van der Waals surface area contributed by atoms with Gasteiger partial charge in [0.15, 0.2) is 6.61 Å². The van der Waals surface area contributed by atoms with Crippen molar-refractivity contribution in [2.24, 2.45) is 11.8 Å². The maximum Gasteiger partial charge on any atom is 0.311 e. The van der Waals surface area contributed by atoms with Crippen LogP contribution in [0.15, 0.2) is 29.2 Å². The Bertz CT molecular complexity index is 805. The standard InChI is InChI=1S/C20H25N3O4S/c1-13(2)20(3,12-21)22-17(24)11-27-19(26)14-8-18(25)23(10-14)15-6-5-7-16(9-15)28-4/h5-7,9,13-14H,8,10-11H2,1-4H3,(H,22,24)/t14-,20+/m1/s1. The largest absolute Gasteiger partial charge is 0.455 e. The second-order valence-electron chi connectivity index (χ2n) is 7.23. The van der Waals surface area contributed by atoms with E-state index in [-0.39, 0.29) is 24.8 Å². The number of thioether (sulfide) groups is 1. The summed E-state index contributed by atoms with van der Waals surface area (Å²) in [6, 6.07) is 9.61. The monoisotopic (exact) mass is 403 g/mol. The molecule has 150 valence electrons. The Hall–Kier alpha value is -2.53. The van der Waals surface area contributed by atoms with E-state index in [2.05, 4.69) is 11.4 Å². The number of anilines is 1. The number of carbonyl (C=O) groups is 3. The van der Waals surface area contributed by atoms with Crippen molar-refractivity contribution in [1.82, 2.24) is 5.32 Å². The molecule has 1 N–H and O–H groups in total. The fraction of sp³-hybridized carbons (Fsp3) is 0.500. The van der Waals surface area contributed by atoms with Crippen molar-refractivity contribution >= 4 is 35.2 Å². The molecular formula is C20H25N3O4S. The van der Waals surface area contributed by atoms with Gasteiger partial charge in [0, 0.05) is 23.5 Å². The Kier molecular flexibility index (Phi) is 7.08. The molecular weight excluding hydrogens is 378 g/mol. The first kappa shape index (κ1) is 21.8. The van der Waals surface area contributed by atoms with E-state index in [1.165, 1.54) is 0 Å². The van der Waals surface area contributed by atoms with Gasteiger partial charge in [0.1, 0.15) is 5.54 Å². The van der Waals surface area contributed by atoms with E-state index in [0.29, 0.717) is 0 Å². The van der Waals surface area contributed by atoms with Crippen LogP contribution in [0, 0.1) is 23.2 Å². The van der Waals surface area contributed by atoms with Crippen molar-refractivity contribution < 1.29 is 19.1 Å². The molecule has 0 aromatic heterocycles. The molecule has 0 aliphatic carbocycles. The molecule has 0 bridgehead atoms. The Balaban J connectivity index is 1.92. The van der Waals surface area contributed by atoms with Gasteiger partial charge in [0.25, 0.3) is 5.91 Å². The van der Waals surface area contributed by atoms with Crippen LogP contribution in [0.2, 0.25) is 0 Å². The molecule has 28 heavy (non-hydrogen) atoms. The van der Waals surface area contributed by atoms with E-state index in [4.69, 9.17) is 4.74 Å². The van der Waals surface area contributed by atoms with Crippen molar-refractivity contribution in [3.8, 4) is 6.07 Å². The van der Waals surface area contributed by atoms with Crippen LogP contribution in [0.1, 0.15) is 27.2 Å². The van der Waals surface area contributed by atoms with Crippen molar-refractivity contribution in [3.63, 3.8) is 0 Å². The van der Waals surface area contributed by atoms with Crippen molar-refractivity contribution in [2.75, 3.05) is 24.3 Å². The lowest BCUT2D eigenvalue weighted by molar-refractivity contribution is -0.152. The number of rotatable bonds is 7. The normalized spacial score (nSPS) is 18.5. The Morgan fingerprint density at radius 1 is 1.46 bits per heavy atom. The molecule has 1 aliphatic heterocycles. The van der Waals surface area contributed by atoms with Gasteiger partial charge in [-0.25, -0.2) is 0 Å². The van der Waals surface area contributed by atoms with Gasteiger partial charge in [-0.3, -0.25) is 14.4 Å². The minimum Gasteiger partial charge on any atom is -0.455 e. The van der Waals surface area contributed by atoms with E-state index < -0.39 is 29.9 Å². The quantitative estimate of drug-likeness (QED) is 0.554. The molecule has 2 rings (SSSR count). The molecule has 8 heteroatoms. The molecule has 1 saturated heterocycles. The lowest BCUT2D eigenvalue weighted by Gasteiger charge is -2.27. The molecule has 0 unspecified atom stereocenters. The van der Waals surface area contributed by atoms with E-state index >= 15 is 0 Å². The second kappa shape index (κ2) is 9.11. The number of nitrogens with one attached hydrogen (secondary N) is 1. The number of benzene rings is 1. The van der Waals surface area contributed by atoms with Gasteiger partial charge in [0.2, 0.25) is 5.91 Å². The summed E-state index contributed by atoms with van der Waals surface area (Å²) in [5, 5.41) is 11.8. The molecule has 0 saturated carbocycles. The van der Waals surface area contributed by atoms with E-state index in [1.54, 1.807) is 23.6 Å². The van der Waals surface area contributed by atoms with Crippen molar-refractivity contribution in [1.29, 1.82) is 5.26 Å². The van der Waals surface area contributed by atoms with Gasteiger partial charge < -0.3 is 15.0 Å². The first-order valence-electron chi connectivity index (χ1n) is 9.03. The molecule has 1 fully saturated rings. The topological polar surface area (TPSA) is 99.5 Å². The predicted molar refractivity (Wildman–Crippen MR) is 107 cm³/mol. The van der Waals surface area contributed by atoms with Gasteiger partial charge in [-0.2, -0.15) is 5.26 Å². The van der Waals surface area contributed by atoms with Crippen LogP contribution in [0.3, 0.4) is 0 Å². The Morgan fingerprint density at radius 3 is 2.79 bits per heavy atom. The molecule has 1 aromatic carbocycles. The summed E-state index contributed by atoms with van der Waals surface area (Å²) in [5.74, 6) is -2.00. The molecule has 0 spiro atoms. The number of esters is 1. The number of hydrogen-bond acceptors (Lipinski definition) is 6. The third-order valence-corrected chi connectivity index (χ3v) is 5.68. The van der Waals surface area contributed by atoms with Crippen molar-refractivity contribution in [2.45, 2.75) is 37.6 Å². The van der Waals surface area contributed by atoms with Crippen LogP contribution in [0.5, 0.6) is 0 Å². The maximum absolute atomic E-state index is 12.3. The van der Waals surface area contributed by atoms with Gasteiger partial charge in [-0.15, -0.1) is 11.8 Å². The summed E-state index contributed by atoms with van der Waals surface area (Å²) in [6.07, 6.45) is 2.00. The zero-order chi connectivity index (χ0) is 20.9. The predicted octanol–water partition coefficient (Wildman–Crippen LogP) is 2.36. The number of ether oxygens (including phenoxy) is 1. The first-order valence-corrected chi connectivity index (χ1v) is 10.3. The summed E-state index contributed by atoms with van der Waals surface area (Å²) in [6.45, 7) is 5.00. The molecule has 2 atom stereocenters. The summed E-state index contributed by atoms with van der Waals surface area (Å²) < 4.78 is 5.09. The summed E-state index contributed by atoms with van der Waals surface area (Å²) in [5.41, 5.74) is -0.294. The molecule has 2 amide bonds. The number of hydrogen-bond donors (Lipinski definition) is 1. The van der Waals surface area contributed by atoms with Crippen LogP contribution >= 0.6 is 11.8 Å². The smallest absolute Gasteiger partial charge is 0.311 e. The number of amides is 2. The summed E-state index contributed by atoms with van der Waals surface area (Å²) >= 11 is 1.57. The second-order valence-corrected chi connectivity index (χ2v) is 8.11. The average molecular weight is 404 g/mol.